The molecule has 0 aliphatic carbocycles. The molecule has 2 saturated heterocycles. The summed E-state index contributed by atoms with van der Waals surface area (Å²) in [5, 5.41) is 0. The summed E-state index contributed by atoms with van der Waals surface area (Å²) in [6, 6.07) is -0.491. The van der Waals surface area contributed by atoms with Crippen molar-refractivity contribution in [2.75, 3.05) is 6.54 Å². The van der Waals surface area contributed by atoms with Crippen molar-refractivity contribution in [1.29, 1.82) is 0 Å². The Labute approximate surface area is 116 Å². The van der Waals surface area contributed by atoms with Crippen LogP contribution in [0.4, 0.5) is 0 Å². The van der Waals surface area contributed by atoms with E-state index in [4.69, 9.17) is 0 Å². The molecule has 108 valence electrons. The molecular formula is C15H26N2O2. The number of piperazine rings is 1. The summed E-state index contributed by atoms with van der Waals surface area (Å²) in [7, 11) is 0. The Kier molecular flexibility index (Phi) is 3.88. The van der Waals surface area contributed by atoms with Crippen molar-refractivity contribution in [2.24, 2.45) is 0 Å². The number of amides is 2. The topological polar surface area (TPSA) is 40.6 Å². The van der Waals surface area contributed by atoms with Gasteiger partial charge in [-0.1, -0.05) is 20.8 Å². The summed E-state index contributed by atoms with van der Waals surface area (Å²) in [5.74, 6) is 0.317. The van der Waals surface area contributed by atoms with E-state index in [9.17, 15) is 9.59 Å². The van der Waals surface area contributed by atoms with Crippen LogP contribution in [-0.2, 0) is 9.59 Å². The lowest BCUT2D eigenvalue weighted by atomic mass is 9.84. The fourth-order valence-electron chi connectivity index (χ4n) is 3.89. The van der Waals surface area contributed by atoms with E-state index >= 15 is 0 Å². The summed E-state index contributed by atoms with van der Waals surface area (Å²) < 4.78 is 0. The molecule has 4 heteroatoms. The quantitative estimate of drug-likeness (QED) is 0.782. The van der Waals surface area contributed by atoms with Crippen molar-refractivity contribution in [3.8, 4) is 0 Å². The molecule has 0 aromatic carbocycles. The molecule has 2 atom stereocenters. The highest BCUT2D eigenvalue weighted by molar-refractivity contribution is 5.97. The first-order valence-electron chi connectivity index (χ1n) is 7.66. The summed E-state index contributed by atoms with van der Waals surface area (Å²) in [6.45, 7) is 9.02. The second-order valence-electron chi connectivity index (χ2n) is 5.86. The zero-order chi connectivity index (χ0) is 14.2. The van der Waals surface area contributed by atoms with Crippen molar-refractivity contribution in [3.63, 3.8) is 0 Å². The van der Waals surface area contributed by atoms with Crippen molar-refractivity contribution in [3.05, 3.63) is 0 Å². The molecule has 0 aromatic rings. The zero-order valence-electron chi connectivity index (χ0n) is 12.6. The highest BCUT2D eigenvalue weighted by Crippen LogP contribution is 2.36. The maximum atomic E-state index is 12.8. The Morgan fingerprint density at radius 3 is 2.21 bits per heavy atom. The average Bonchev–Trinajstić information content (AvgIpc) is 2.91. The SMILES string of the molecule is CCC(CC)(CC)N1C(=O)C2CCCN2C(=O)C1C. The molecule has 2 heterocycles. The molecule has 2 fully saturated rings. The van der Waals surface area contributed by atoms with E-state index in [-0.39, 0.29) is 29.4 Å². The van der Waals surface area contributed by atoms with Gasteiger partial charge in [-0.25, -0.2) is 0 Å². The molecule has 2 aliphatic heterocycles. The van der Waals surface area contributed by atoms with Crippen LogP contribution in [0, 0.1) is 0 Å². The van der Waals surface area contributed by atoms with Gasteiger partial charge in [-0.3, -0.25) is 9.59 Å². The van der Waals surface area contributed by atoms with Gasteiger partial charge in [0.1, 0.15) is 12.1 Å². The van der Waals surface area contributed by atoms with Gasteiger partial charge >= 0.3 is 0 Å². The van der Waals surface area contributed by atoms with Crippen LogP contribution in [0.2, 0.25) is 0 Å². The van der Waals surface area contributed by atoms with E-state index in [0.29, 0.717) is 0 Å². The summed E-state index contributed by atoms with van der Waals surface area (Å²) >= 11 is 0. The van der Waals surface area contributed by atoms with E-state index in [1.54, 1.807) is 4.90 Å². The first-order chi connectivity index (χ1) is 9.02. The van der Waals surface area contributed by atoms with E-state index in [2.05, 4.69) is 20.8 Å². The maximum Gasteiger partial charge on any atom is 0.246 e. The molecule has 2 rings (SSSR count). The van der Waals surface area contributed by atoms with E-state index in [0.717, 1.165) is 38.6 Å². The van der Waals surface area contributed by atoms with Gasteiger partial charge in [0, 0.05) is 12.1 Å². The first-order valence-corrected chi connectivity index (χ1v) is 7.66. The van der Waals surface area contributed by atoms with Gasteiger partial charge in [0.2, 0.25) is 11.8 Å². The molecule has 4 nitrogen and oxygen atoms in total. The van der Waals surface area contributed by atoms with Crippen LogP contribution in [0.3, 0.4) is 0 Å². The third kappa shape index (κ3) is 1.96. The van der Waals surface area contributed by atoms with Gasteiger partial charge in [0.15, 0.2) is 0 Å². The van der Waals surface area contributed by atoms with Gasteiger partial charge < -0.3 is 9.80 Å². The Morgan fingerprint density at radius 2 is 1.68 bits per heavy atom. The predicted octanol–water partition coefficient (Wildman–Crippen LogP) is 2.18. The minimum atomic E-state index is -0.304. The molecule has 0 spiro atoms. The number of hydrogen-bond donors (Lipinski definition) is 0. The normalized spacial score (nSPS) is 28.0. The van der Waals surface area contributed by atoms with Gasteiger partial charge in [0.25, 0.3) is 0 Å². The van der Waals surface area contributed by atoms with Gasteiger partial charge in [-0.05, 0) is 39.0 Å². The highest BCUT2D eigenvalue weighted by Gasteiger charge is 2.51. The van der Waals surface area contributed by atoms with E-state index in [1.165, 1.54) is 0 Å². The van der Waals surface area contributed by atoms with Crippen molar-refractivity contribution in [2.45, 2.75) is 77.4 Å². The zero-order valence-corrected chi connectivity index (χ0v) is 12.6. The number of carbonyl (C=O) groups is 2. The molecule has 19 heavy (non-hydrogen) atoms. The first kappa shape index (κ1) is 14.4. The number of fused-ring (bicyclic) bond motifs is 1. The molecular weight excluding hydrogens is 240 g/mol. The van der Waals surface area contributed by atoms with Crippen LogP contribution >= 0.6 is 0 Å². The van der Waals surface area contributed by atoms with Crippen LogP contribution in [-0.4, -0.2) is 45.8 Å². The Bertz CT molecular complexity index is 368. The van der Waals surface area contributed by atoms with Crippen molar-refractivity contribution >= 4 is 11.8 Å². The fraction of sp³-hybridized carbons (Fsp3) is 0.867. The highest BCUT2D eigenvalue weighted by atomic mass is 16.2. The second kappa shape index (κ2) is 5.14. The molecule has 0 bridgehead atoms. The molecule has 2 unspecified atom stereocenters. The van der Waals surface area contributed by atoms with Crippen LogP contribution < -0.4 is 0 Å². The predicted molar refractivity (Wildman–Crippen MR) is 74.6 cm³/mol. The summed E-state index contributed by atoms with van der Waals surface area (Å²) in [4.78, 5) is 29.0. The minimum absolute atomic E-state index is 0.141. The van der Waals surface area contributed by atoms with E-state index in [1.807, 2.05) is 11.8 Å². The van der Waals surface area contributed by atoms with Crippen LogP contribution in [0.25, 0.3) is 0 Å². The smallest absolute Gasteiger partial charge is 0.246 e. The summed E-state index contributed by atoms with van der Waals surface area (Å²) in [5.41, 5.74) is -0.152. The van der Waals surface area contributed by atoms with Gasteiger partial charge in [-0.15, -0.1) is 0 Å². The Hall–Kier alpha value is -1.06. The number of nitrogens with zero attached hydrogens (tertiary/aromatic N) is 2. The third-order valence-corrected chi connectivity index (χ3v) is 5.29. The molecule has 0 N–H and O–H groups in total. The monoisotopic (exact) mass is 266 g/mol. The maximum absolute atomic E-state index is 12.8. The minimum Gasteiger partial charge on any atom is -0.329 e. The lowest BCUT2D eigenvalue weighted by molar-refractivity contribution is -0.167. The molecule has 2 amide bonds. The number of hydrogen-bond acceptors (Lipinski definition) is 2. The van der Waals surface area contributed by atoms with Crippen LogP contribution in [0.5, 0.6) is 0 Å². The fourth-order valence-corrected chi connectivity index (χ4v) is 3.89. The van der Waals surface area contributed by atoms with Crippen molar-refractivity contribution < 1.29 is 9.59 Å². The van der Waals surface area contributed by atoms with Crippen LogP contribution in [0.1, 0.15) is 59.8 Å². The van der Waals surface area contributed by atoms with Crippen LogP contribution in [0.15, 0.2) is 0 Å². The largest absolute Gasteiger partial charge is 0.329 e. The molecule has 0 aromatic heterocycles. The number of carbonyl (C=O) groups excluding carboxylic acids is 2. The standard InChI is InChI=1S/C15H26N2O2/c1-5-15(6-2,7-3)17-11(4)13(18)16-10-8-9-12(16)14(17)19/h11-12H,5-10H2,1-4H3. The lowest BCUT2D eigenvalue weighted by Gasteiger charge is -2.51. The van der Waals surface area contributed by atoms with E-state index < -0.39 is 0 Å². The average molecular weight is 266 g/mol. The molecule has 2 aliphatic rings. The number of rotatable bonds is 4. The Balaban J connectivity index is 2.38. The Morgan fingerprint density at radius 1 is 1.11 bits per heavy atom. The van der Waals surface area contributed by atoms with Gasteiger partial charge in [0.05, 0.1) is 0 Å². The third-order valence-electron chi connectivity index (χ3n) is 5.29. The second-order valence-corrected chi connectivity index (χ2v) is 5.86. The van der Waals surface area contributed by atoms with Gasteiger partial charge in [-0.2, -0.15) is 0 Å². The lowest BCUT2D eigenvalue weighted by Crippen LogP contribution is -2.68. The van der Waals surface area contributed by atoms with Crippen molar-refractivity contribution in [1.82, 2.24) is 9.80 Å². The summed E-state index contributed by atoms with van der Waals surface area (Å²) in [6.07, 6.45) is 4.53. The molecule has 0 saturated carbocycles. The molecule has 0 radical (unpaired) electrons.